The molecule has 4 rings (SSSR count). The van der Waals surface area contributed by atoms with Crippen LogP contribution < -0.4 is 0 Å². The second-order valence-corrected chi connectivity index (χ2v) is 6.32. The first-order chi connectivity index (χ1) is 13.5. The first-order valence-corrected chi connectivity index (χ1v) is 8.92. The van der Waals surface area contributed by atoms with Crippen molar-refractivity contribution in [3.05, 3.63) is 97.0 Å². The van der Waals surface area contributed by atoms with E-state index in [4.69, 9.17) is 5.11 Å². The molecular weight excluding hydrogens is 540 g/mol. The van der Waals surface area contributed by atoms with Crippen molar-refractivity contribution in [3.63, 3.8) is 0 Å². The molecule has 0 atom stereocenters. The number of allylic oxidation sites excluding steroid dienone is 2. The number of aliphatic hydroxyl groups excluding tert-OH is 1. The summed E-state index contributed by atoms with van der Waals surface area (Å²) in [5.74, 6) is 0.854. The number of hydrogen-bond acceptors (Lipinski definition) is 3. The van der Waals surface area contributed by atoms with Crippen molar-refractivity contribution in [1.29, 1.82) is 0 Å². The van der Waals surface area contributed by atoms with Gasteiger partial charge in [0.05, 0.1) is 11.6 Å². The summed E-state index contributed by atoms with van der Waals surface area (Å²) in [5.41, 5.74) is 4.41. The number of rotatable bonds is 3. The van der Waals surface area contributed by atoms with Crippen LogP contribution >= 0.6 is 0 Å². The molecule has 1 aromatic heterocycles. The molecule has 1 aromatic carbocycles. The fraction of sp³-hybridized carbons (Fsp3) is 0.0833. The molecule has 1 heterocycles. The van der Waals surface area contributed by atoms with Gasteiger partial charge in [-0.05, 0) is 26.0 Å². The molecule has 0 saturated heterocycles. The molecule has 2 aliphatic carbocycles. The van der Waals surface area contributed by atoms with Crippen molar-refractivity contribution >= 4 is 5.78 Å². The molecule has 0 saturated carbocycles. The molecule has 149 valence electrons. The number of nitrogens with zero attached hydrogens (tertiary/aromatic N) is 2. The fourth-order valence-electron chi connectivity index (χ4n) is 2.85. The van der Waals surface area contributed by atoms with Gasteiger partial charge in [0.1, 0.15) is 0 Å². The zero-order valence-corrected chi connectivity index (χ0v) is 18.6. The second kappa shape index (κ2) is 10.5. The van der Waals surface area contributed by atoms with Crippen molar-refractivity contribution in [1.82, 2.24) is 9.55 Å². The number of imidazole rings is 1. The molecule has 29 heavy (non-hydrogen) atoms. The summed E-state index contributed by atoms with van der Waals surface area (Å²) in [6.07, 6.45) is 4.98. The third-order valence-corrected chi connectivity index (χ3v) is 3.97. The summed E-state index contributed by atoms with van der Waals surface area (Å²) in [6, 6.07) is 26.1. The third-order valence-electron chi connectivity index (χ3n) is 3.97. The fourth-order valence-corrected chi connectivity index (χ4v) is 2.85. The molecule has 0 amide bonds. The van der Waals surface area contributed by atoms with Gasteiger partial charge in [0.15, 0.2) is 5.78 Å². The Bertz CT molecular complexity index is 1040. The molecule has 0 spiro atoms. The zero-order chi connectivity index (χ0) is 19.9. The Morgan fingerprint density at radius 1 is 1.00 bits per heavy atom. The quantitative estimate of drug-likeness (QED) is 0.205. The first-order valence-electron chi connectivity index (χ1n) is 8.92. The molecule has 4 nitrogen and oxygen atoms in total. The van der Waals surface area contributed by atoms with E-state index in [0.29, 0.717) is 0 Å². The van der Waals surface area contributed by atoms with Gasteiger partial charge >= 0.3 is 0 Å². The van der Waals surface area contributed by atoms with E-state index in [1.165, 1.54) is 25.5 Å². The minimum absolute atomic E-state index is 0. The molecule has 0 aliphatic heterocycles. The van der Waals surface area contributed by atoms with E-state index >= 15 is 0 Å². The molecule has 1 N–H and O–H groups in total. The van der Waals surface area contributed by atoms with Gasteiger partial charge in [-0.1, -0.05) is 48.0 Å². The van der Waals surface area contributed by atoms with E-state index in [0.717, 1.165) is 22.6 Å². The van der Waals surface area contributed by atoms with Gasteiger partial charge in [0.25, 0.3) is 0 Å². The van der Waals surface area contributed by atoms with E-state index in [1.54, 1.807) is 0 Å². The molecule has 0 bridgehead atoms. The van der Waals surface area contributed by atoms with E-state index in [9.17, 15) is 4.79 Å². The molecular formula is C24H21IrN2O2-. The predicted molar refractivity (Wildman–Crippen MR) is 112 cm³/mol. The summed E-state index contributed by atoms with van der Waals surface area (Å²) in [6.45, 7) is 2.85. The molecule has 0 unspecified atom stereocenters. The van der Waals surface area contributed by atoms with Crippen LogP contribution in [-0.2, 0) is 24.9 Å². The van der Waals surface area contributed by atoms with E-state index < -0.39 is 0 Å². The Morgan fingerprint density at radius 2 is 1.66 bits per heavy atom. The number of benzene rings is 1. The normalized spacial score (nSPS) is 10.6. The third kappa shape index (κ3) is 5.98. The Hall–Kier alpha value is -3.01. The van der Waals surface area contributed by atoms with Crippen LogP contribution in [-0.4, -0.2) is 20.4 Å². The number of carbonyl (C=O) groups excluding carboxylic acids is 1. The second-order valence-electron chi connectivity index (χ2n) is 6.32. The van der Waals surface area contributed by atoms with Crippen LogP contribution in [0.25, 0.3) is 28.2 Å². The number of para-hydroxylation sites is 1. The van der Waals surface area contributed by atoms with Gasteiger partial charge in [-0.3, -0.25) is 9.78 Å². The summed E-state index contributed by atoms with van der Waals surface area (Å²) in [5, 5.41) is 8.36. The summed E-state index contributed by atoms with van der Waals surface area (Å²) < 4.78 is 2.09. The maximum absolute atomic E-state index is 10.0. The topological polar surface area (TPSA) is 55.1 Å². The maximum atomic E-state index is 10.0. The number of hydrogen-bond donors (Lipinski definition) is 1. The van der Waals surface area contributed by atoms with Gasteiger partial charge in [-0.15, -0.1) is 29.3 Å². The van der Waals surface area contributed by atoms with Gasteiger partial charge in [0.2, 0.25) is 0 Å². The Balaban J connectivity index is 0.000000327. The van der Waals surface area contributed by atoms with Crippen molar-refractivity contribution < 1.29 is 30.0 Å². The van der Waals surface area contributed by atoms with Gasteiger partial charge < -0.3 is 9.67 Å². The molecule has 0 fully saturated rings. The molecule has 5 heteroatoms. The largest absolute Gasteiger partial charge is 0.512 e. The zero-order valence-electron chi connectivity index (χ0n) is 16.2. The van der Waals surface area contributed by atoms with Crippen molar-refractivity contribution in [2.45, 2.75) is 13.8 Å². The summed E-state index contributed by atoms with van der Waals surface area (Å²) in [7, 11) is 0. The standard InChI is InChI=1S/C19H13N2.C5H8O2.Ir/c1-3-7-15-13-17(14-16(15)8-4-1)19-20-11-12-21(19)18-9-5-2-6-10-18;1-4(6)3-5(2)7;/h1-13H;3,6H,1-2H3;/q-1;;/b;4-3-;. The minimum atomic E-state index is -0.125. The van der Waals surface area contributed by atoms with Crippen LogP contribution in [0.3, 0.4) is 0 Å². The monoisotopic (exact) mass is 562 g/mol. The van der Waals surface area contributed by atoms with Crippen molar-refractivity contribution in [2.24, 2.45) is 0 Å². The summed E-state index contributed by atoms with van der Waals surface area (Å²) in [4.78, 5) is 14.5. The first kappa shape index (κ1) is 22.3. The molecule has 1 radical (unpaired) electrons. The van der Waals surface area contributed by atoms with E-state index in [-0.39, 0.29) is 31.6 Å². The van der Waals surface area contributed by atoms with Crippen molar-refractivity contribution in [2.75, 3.05) is 0 Å². The van der Waals surface area contributed by atoms with Crippen LogP contribution in [0.15, 0.2) is 91.0 Å². The van der Waals surface area contributed by atoms with Crippen LogP contribution in [0.5, 0.6) is 0 Å². The average Bonchev–Trinajstić information content (AvgIpc) is 3.24. The summed E-state index contributed by atoms with van der Waals surface area (Å²) >= 11 is 0. The van der Waals surface area contributed by atoms with Crippen molar-refractivity contribution in [3.8, 4) is 28.2 Å². The predicted octanol–water partition coefficient (Wildman–Crippen LogP) is 5.48. The van der Waals surface area contributed by atoms with Gasteiger partial charge in [0, 0.05) is 44.3 Å². The number of fused-ring (bicyclic) bond motifs is 1. The number of ketones is 1. The SMILES string of the molecule is CC(=O)/C=C(/C)O.[Ir].[c-]1c2cccccc-2cc1-c1nccn1-c1ccccc1. The molecule has 2 aromatic rings. The van der Waals surface area contributed by atoms with Crippen LogP contribution in [0, 0.1) is 6.07 Å². The number of carbonyl (C=O) groups is 1. The van der Waals surface area contributed by atoms with Crippen LogP contribution in [0.2, 0.25) is 0 Å². The van der Waals surface area contributed by atoms with Gasteiger partial charge in [-0.25, -0.2) is 0 Å². The van der Waals surface area contributed by atoms with Crippen LogP contribution in [0.1, 0.15) is 13.8 Å². The number of aliphatic hydroxyl groups is 1. The van der Waals surface area contributed by atoms with Gasteiger partial charge in [-0.2, -0.15) is 0 Å². The van der Waals surface area contributed by atoms with Crippen LogP contribution in [0.4, 0.5) is 0 Å². The minimum Gasteiger partial charge on any atom is -0.512 e. The molecule has 2 aliphatic rings. The van der Waals surface area contributed by atoms with E-state index in [1.807, 2.05) is 48.8 Å². The Labute approximate surface area is 184 Å². The Morgan fingerprint density at radius 3 is 2.28 bits per heavy atom. The van der Waals surface area contributed by atoms with E-state index in [2.05, 4.69) is 45.9 Å². The Kier molecular flexibility index (Phi) is 8.08. The average molecular weight is 562 g/mol. The number of aromatic nitrogens is 2. The smallest absolute Gasteiger partial charge is 0.155 e. The maximum Gasteiger partial charge on any atom is 0.155 e.